The summed E-state index contributed by atoms with van der Waals surface area (Å²) in [6.07, 6.45) is -9.19. The minimum atomic E-state index is -4.90. The molecule has 7 nitrogen and oxygen atoms in total. The van der Waals surface area contributed by atoms with Crippen LogP contribution in [-0.4, -0.2) is 46.2 Å². The van der Waals surface area contributed by atoms with Gasteiger partial charge in [0, 0.05) is 18.5 Å². The predicted octanol–water partition coefficient (Wildman–Crippen LogP) is 4.35. The Morgan fingerprint density at radius 1 is 1.10 bits per heavy atom. The van der Waals surface area contributed by atoms with Crippen molar-refractivity contribution in [2.24, 2.45) is 0 Å². The van der Waals surface area contributed by atoms with Crippen LogP contribution in [0.2, 0.25) is 0 Å². The Morgan fingerprint density at radius 2 is 1.84 bits per heavy atom. The molecule has 168 valence electrons. The van der Waals surface area contributed by atoms with Crippen molar-refractivity contribution in [3.05, 3.63) is 29.3 Å². The van der Waals surface area contributed by atoms with E-state index in [1.807, 2.05) is 0 Å². The van der Waals surface area contributed by atoms with Gasteiger partial charge in [-0.1, -0.05) is 5.10 Å². The summed E-state index contributed by atoms with van der Waals surface area (Å²) in [5.74, 6) is -0.731. The van der Waals surface area contributed by atoms with E-state index >= 15 is 0 Å². The number of alkyl halides is 6. The number of benzene rings is 1. The van der Waals surface area contributed by atoms with Gasteiger partial charge in [-0.2, -0.15) is 26.3 Å². The van der Waals surface area contributed by atoms with Crippen molar-refractivity contribution in [2.75, 3.05) is 25.1 Å². The number of halogens is 6. The van der Waals surface area contributed by atoms with Crippen molar-refractivity contribution in [1.29, 1.82) is 0 Å². The standard InChI is InChI=1S/C18H16F6N4O3/c1-9-5-13(15-27-28-16(31-15)25-3-2-4-29)26-14-11(9)6-10(30-8-17(19,20)21)7-12(14)18(22,23)24/h5-7,29H,2-4,8H2,1H3,(H,25,28). The topological polar surface area (TPSA) is 93.3 Å². The number of nitrogens with zero attached hydrogens (tertiary/aromatic N) is 3. The number of nitrogens with one attached hydrogen (secondary N) is 1. The lowest BCUT2D eigenvalue weighted by Crippen LogP contribution is -2.19. The third kappa shape index (κ3) is 5.54. The molecule has 0 fully saturated rings. The van der Waals surface area contributed by atoms with Crippen LogP contribution in [0.4, 0.5) is 32.4 Å². The second kappa shape index (κ2) is 8.57. The van der Waals surface area contributed by atoms with Crippen molar-refractivity contribution in [1.82, 2.24) is 15.2 Å². The van der Waals surface area contributed by atoms with E-state index in [4.69, 9.17) is 9.52 Å². The summed E-state index contributed by atoms with van der Waals surface area (Å²) in [5.41, 5.74) is -1.50. The minimum Gasteiger partial charge on any atom is -0.484 e. The van der Waals surface area contributed by atoms with E-state index in [0.717, 1.165) is 6.07 Å². The molecule has 0 atom stereocenters. The zero-order valence-electron chi connectivity index (χ0n) is 15.9. The van der Waals surface area contributed by atoms with Crippen molar-refractivity contribution in [3.8, 4) is 17.3 Å². The van der Waals surface area contributed by atoms with E-state index in [9.17, 15) is 26.3 Å². The van der Waals surface area contributed by atoms with Gasteiger partial charge in [0.1, 0.15) is 11.4 Å². The second-order valence-electron chi connectivity index (χ2n) is 6.51. The highest BCUT2D eigenvalue weighted by atomic mass is 19.4. The Morgan fingerprint density at radius 3 is 2.48 bits per heavy atom. The number of aliphatic hydroxyl groups is 1. The number of hydrogen-bond acceptors (Lipinski definition) is 7. The van der Waals surface area contributed by atoms with E-state index in [-0.39, 0.29) is 35.2 Å². The number of aryl methyl sites for hydroxylation is 1. The van der Waals surface area contributed by atoms with E-state index in [1.165, 1.54) is 13.0 Å². The third-order valence-electron chi connectivity index (χ3n) is 4.06. The van der Waals surface area contributed by atoms with Crippen LogP contribution in [0.5, 0.6) is 5.75 Å². The van der Waals surface area contributed by atoms with Crippen LogP contribution >= 0.6 is 0 Å². The molecule has 0 spiro atoms. The largest absolute Gasteiger partial charge is 0.484 e. The van der Waals surface area contributed by atoms with Crippen LogP contribution < -0.4 is 10.1 Å². The molecule has 31 heavy (non-hydrogen) atoms. The molecule has 3 rings (SSSR count). The van der Waals surface area contributed by atoms with Crippen molar-refractivity contribution < 1.29 is 40.6 Å². The molecular weight excluding hydrogens is 434 g/mol. The van der Waals surface area contributed by atoms with E-state index in [1.54, 1.807) is 0 Å². The molecule has 2 N–H and O–H groups in total. The molecule has 0 bridgehead atoms. The molecule has 0 saturated carbocycles. The Balaban J connectivity index is 2.04. The molecule has 13 heteroatoms. The van der Waals surface area contributed by atoms with Gasteiger partial charge >= 0.3 is 18.4 Å². The normalized spacial score (nSPS) is 12.4. The zero-order chi connectivity index (χ0) is 22.8. The second-order valence-corrected chi connectivity index (χ2v) is 6.51. The number of rotatable bonds is 7. The molecular formula is C18H16F6N4O3. The van der Waals surface area contributed by atoms with Gasteiger partial charge < -0.3 is 19.6 Å². The summed E-state index contributed by atoms with van der Waals surface area (Å²) in [5, 5.41) is 18.9. The summed E-state index contributed by atoms with van der Waals surface area (Å²) in [7, 11) is 0. The number of aliphatic hydroxyl groups excluding tert-OH is 1. The molecule has 0 unspecified atom stereocenters. The fraction of sp³-hybridized carbons (Fsp3) is 0.389. The average molecular weight is 450 g/mol. The van der Waals surface area contributed by atoms with Crippen LogP contribution in [-0.2, 0) is 6.18 Å². The summed E-state index contributed by atoms with van der Waals surface area (Å²) < 4.78 is 87.9. The molecule has 0 aliphatic rings. The maximum Gasteiger partial charge on any atom is 0.422 e. The molecule has 0 amide bonds. The van der Waals surface area contributed by atoms with Crippen molar-refractivity contribution in [3.63, 3.8) is 0 Å². The molecule has 0 aliphatic heterocycles. The summed E-state index contributed by atoms with van der Waals surface area (Å²) in [4.78, 5) is 3.97. The quantitative estimate of drug-likeness (QED) is 0.408. The van der Waals surface area contributed by atoms with E-state index in [0.29, 0.717) is 19.0 Å². The van der Waals surface area contributed by atoms with Crippen LogP contribution in [0.1, 0.15) is 17.5 Å². The predicted molar refractivity (Wildman–Crippen MR) is 96.5 cm³/mol. The molecule has 3 aromatic rings. The Bertz CT molecular complexity index is 1060. The van der Waals surface area contributed by atoms with Gasteiger partial charge in [-0.25, -0.2) is 4.98 Å². The smallest absolute Gasteiger partial charge is 0.422 e. The molecule has 0 saturated heterocycles. The number of ether oxygens (including phenoxy) is 1. The zero-order valence-corrected chi connectivity index (χ0v) is 15.9. The Labute approximate surface area is 171 Å². The first-order valence-electron chi connectivity index (χ1n) is 8.88. The summed E-state index contributed by atoms with van der Waals surface area (Å²) in [6, 6.07) is 2.91. The lowest BCUT2D eigenvalue weighted by Gasteiger charge is -2.15. The molecule has 2 heterocycles. The van der Waals surface area contributed by atoms with Gasteiger partial charge in [-0.05, 0) is 37.1 Å². The molecule has 1 aromatic carbocycles. The summed E-state index contributed by atoms with van der Waals surface area (Å²) in [6.45, 7) is 0.0158. The fourth-order valence-corrected chi connectivity index (χ4v) is 2.71. The van der Waals surface area contributed by atoms with Crippen molar-refractivity contribution >= 4 is 16.9 Å². The van der Waals surface area contributed by atoms with Gasteiger partial charge in [-0.15, -0.1) is 5.10 Å². The van der Waals surface area contributed by atoms with Gasteiger partial charge in [-0.3, -0.25) is 0 Å². The van der Waals surface area contributed by atoms with Gasteiger partial charge in [0.05, 0.1) is 11.1 Å². The lowest BCUT2D eigenvalue weighted by atomic mass is 10.0. The SMILES string of the molecule is Cc1cc(-c2nnc(NCCCO)o2)nc2c(C(F)(F)F)cc(OCC(F)(F)F)cc12. The highest BCUT2D eigenvalue weighted by molar-refractivity contribution is 5.88. The number of anilines is 1. The highest BCUT2D eigenvalue weighted by Crippen LogP contribution is 2.39. The maximum atomic E-state index is 13.6. The average Bonchev–Trinajstić information content (AvgIpc) is 3.14. The number of pyridine rings is 1. The number of hydrogen-bond donors (Lipinski definition) is 2. The lowest BCUT2D eigenvalue weighted by molar-refractivity contribution is -0.153. The van der Waals surface area contributed by atoms with Crippen LogP contribution in [0, 0.1) is 6.92 Å². The highest BCUT2D eigenvalue weighted by Gasteiger charge is 2.35. The molecule has 0 aliphatic carbocycles. The van der Waals surface area contributed by atoms with Gasteiger partial charge in [0.2, 0.25) is 0 Å². The fourth-order valence-electron chi connectivity index (χ4n) is 2.71. The first-order valence-corrected chi connectivity index (χ1v) is 8.88. The van der Waals surface area contributed by atoms with Crippen LogP contribution in [0.25, 0.3) is 22.5 Å². The number of fused-ring (bicyclic) bond motifs is 1. The van der Waals surface area contributed by atoms with Crippen LogP contribution in [0.15, 0.2) is 22.6 Å². The monoisotopic (exact) mass is 450 g/mol. The maximum absolute atomic E-state index is 13.6. The minimum absolute atomic E-state index is 0.00468. The third-order valence-corrected chi connectivity index (χ3v) is 4.06. The first kappa shape index (κ1) is 22.6. The molecule has 2 aromatic heterocycles. The van der Waals surface area contributed by atoms with Gasteiger partial charge in [0.15, 0.2) is 6.61 Å². The summed E-state index contributed by atoms with van der Waals surface area (Å²) >= 11 is 0. The Kier molecular flexibility index (Phi) is 6.25. The first-order chi connectivity index (χ1) is 14.5. The van der Waals surface area contributed by atoms with Gasteiger partial charge in [0.25, 0.3) is 5.89 Å². The molecule has 0 radical (unpaired) electrons. The number of aromatic nitrogens is 3. The van der Waals surface area contributed by atoms with E-state index in [2.05, 4.69) is 25.2 Å². The van der Waals surface area contributed by atoms with Crippen molar-refractivity contribution in [2.45, 2.75) is 25.7 Å². The Hall–Kier alpha value is -3.09. The van der Waals surface area contributed by atoms with E-state index < -0.39 is 35.8 Å². The van der Waals surface area contributed by atoms with Crippen LogP contribution in [0.3, 0.4) is 0 Å².